The summed E-state index contributed by atoms with van der Waals surface area (Å²) < 4.78 is 5.39. The number of benzene rings is 3. The number of carbonyl (C=O) groups is 3. The molecule has 3 aromatic rings. The number of hydrogen-bond acceptors (Lipinski definition) is 5. The third-order valence-electron chi connectivity index (χ3n) is 6.35. The predicted molar refractivity (Wildman–Crippen MR) is 169 cm³/mol. The van der Waals surface area contributed by atoms with E-state index >= 15 is 0 Å². The number of thioether (sulfide) groups is 1. The van der Waals surface area contributed by atoms with Crippen LogP contribution in [-0.4, -0.2) is 40.7 Å². The minimum Gasteiger partial charge on any atom is -0.496 e. The Balaban J connectivity index is 1.62. The summed E-state index contributed by atoms with van der Waals surface area (Å²) in [6.07, 6.45) is 8.16. The van der Waals surface area contributed by atoms with Gasteiger partial charge in [0.25, 0.3) is 11.8 Å². The van der Waals surface area contributed by atoms with Gasteiger partial charge in [0.1, 0.15) is 11.3 Å². The molecule has 3 aromatic carbocycles. The van der Waals surface area contributed by atoms with Gasteiger partial charge in [0, 0.05) is 11.3 Å². The van der Waals surface area contributed by atoms with Crippen LogP contribution in [-0.2, 0) is 14.4 Å². The highest BCUT2D eigenvalue weighted by atomic mass is 32.2. The maximum Gasteiger partial charge on any atom is 0.285 e. The molecule has 0 saturated heterocycles. The van der Waals surface area contributed by atoms with Crippen molar-refractivity contribution in [3.63, 3.8) is 0 Å². The Bertz CT molecular complexity index is 1540. The fraction of sp³-hybridized carbons (Fsp3) is 0.118. The maximum atomic E-state index is 13.8. The van der Waals surface area contributed by atoms with Crippen LogP contribution in [0.25, 0.3) is 6.08 Å². The molecular weight excluding hydrogens is 546 g/mol. The van der Waals surface area contributed by atoms with E-state index < -0.39 is 11.8 Å². The highest BCUT2D eigenvalue weighted by Crippen LogP contribution is 2.28. The Labute approximate surface area is 250 Å². The molecule has 0 unspecified atom stereocenters. The monoisotopic (exact) mass is 577 g/mol. The van der Waals surface area contributed by atoms with Gasteiger partial charge < -0.3 is 10.1 Å². The molecule has 7 nitrogen and oxygen atoms in total. The number of ether oxygens (including phenoxy) is 1. The molecule has 0 aliphatic carbocycles. The number of nitrogens with one attached hydrogen (secondary N) is 1. The lowest BCUT2D eigenvalue weighted by Gasteiger charge is -2.28. The third-order valence-corrected chi connectivity index (χ3v) is 7.29. The van der Waals surface area contributed by atoms with Gasteiger partial charge in [0.2, 0.25) is 5.91 Å². The van der Waals surface area contributed by atoms with Crippen LogP contribution in [0.4, 0.5) is 0 Å². The van der Waals surface area contributed by atoms with E-state index in [1.807, 2.05) is 60.7 Å². The Hall–Kier alpha value is -4.95. The van der Waals surface area contributed by atoms with Crippen molar-refractivity contribution in [3.8, 4) is 5.75 Å². The average Bonchev–Trinajstić information content (AvgIpc) is 3.03. The number of rotatable bonds is 10. The predicted octanol–water partition coefficient (Wildman–Crippen LogP) is 6.09. The molecule has 0 aromatic heterocycles. The standard InChI is InChI=1S/C34H31N3O4S/c1-4-6-20-27(5-2)37-33(40)28(22-26-19-13-14-21-29(26)41-3)32(39)36-34(37)42-23-30(38)35-31(24-15-9-7-10-16-24)25-17-11-8-12-18-25/h4-22,31H,1,23H2,2-3H3,(H,35,38)/b20-6-,27-5+,28-22+. The summed E-state index contributed by atoms with van der Waals surface area (Å²) in [7, 11) is 1.52. The summed E-state index contributed by atoms with van der Waals surface area (Å²) in [5, 5.41) is 3.19. The highest BCUT2D eigenvalue weighted by molar-refractivity contribution is 8.14. The number of hydrogen-bond donors (Lipinski definition) is 1. The lowest BCUT2D eigenvalue weighted by Crippen LogP contribution is -2.42. The molecule has 3 amide bonds. The fourth-order valence-electron chi connectivity index (χ4n) is 4.33. The molecule has 1 heterocycles. The first kappa shape index (κ1) is 30.0. The highest BCUT2D eigenvalue weighted by Gasteiger charge is 2.35. The Morgan fingerprint density at radius 2 is 1.62 bits per heavy atom. The molecule has 0 radical (unpaired) electrons. The van der Waals surface area contributed by atoms with Crippen LogP contribution >= 0.6 is 11.8 Å². The van der Waals surface area contributed by atoms with E-state index in [1.165, 1.54) is 18.1 Å². The minimum atomic E-state index is -0.695. The van der Waals surface area contributed by atoms with E-state index in [1.54, 1.807) is 55.5 Å². The third kappa shape index (κ3) is 7.21. The van der Waals surface area contributed by atoms with E-state index in [0.29, 0.717) is 17.0 Å². The van der Waals surface area contributed by atoms with Gasteiger partial charge >= 0.3 is 0 Å². The van der Waals surface area contributed by atoms with Gasteiger partial charge in [0.05, 0.1) is 18.9 Å². The molecule has 1 aliphatic heterocycles. The Kier molecular flexibility index (Phi) is 10.4. The summed E-state index contributed by atoms with van der Waals surface area (Å²) in [5.74, 6) is -1.09. The van der Waals surface area contributed by atoms with Crippen LogP contribution in [0.3, 0.4) is 0 Å². The summed E-state index contributed by atoms with van der Waals surface area (Å²) >= 11 is 1.02. The van der Waals surface area contributed by atoms with E-state index in [2.05, 4.69) is 16.9 Å². The molecule has 0 saturated carbocycles. The topological polar surface area (TPSA) is 88.1 Å². The van der Waals surface area contributed by atoms with Gasteiger partial charge in [0.15, 0.2) is 5.17 Å². The van der Waals surface area contributed by atoms with Gasteiger partial charge in [-0.3, -0.25) is 19.3 Å². The summed E-state index contributed by atoms with van der Waals surface area (Å²) in [6.45, 7) is 5.48. The molecule has 212 valence electrons. The number of nitrogens with zero attached hydrogens (tertiary/aromatic N) is 2. The van der Waals surface area contributed by atoms with E-state index in [9.17, 15) is 14.4 Å². The first-order valence-corrected chi connectivity index (χ1v) is 14.2. The number of para-hydroxylation sites is 1. The van der Waals surface area contributed by atoms with Crippen molar-refractivity contribution < 1.29 is 19.1 Å². The number of aliphatic imine (C=N–C) groups is 1. The first-order chi connectivity index (χ1) is 20.5. The first-order valence-electron chi connectivity index (χ1n) is 13.3. The van der Waals surface area contributed by atoms with E-state index in [0.717, 1.165) is 22.9 Å². The van der Waals surface area contributed by atoms with Gasteiger partial charge in [-0.05, 0) is 36.3 Å². The van der Waals surface area contributed by atoms with Gasteiger partial charge in [-0.2, -0.15) is 4.99 Å². The van der Waals surface area contributed by atoms with Gasteiger partial charge in [-0.25, -0.2) is 0 Å². The van der Waals surface area contributed by atoms with Gasteiger partial charge in [-0.1, -0.05) is 115 Å². The molecule has 42 heavy (non-hydrogen) atoms. The molecule has 1 aliphatic rings. The molecule has 0 atom stereocenters. The zero-order valence-corrected chi connectivity index (χ0v) is 24.2. The van der Waals surface area contributed by atoms with Crippen LogP contribution < -0.4 is 10.1 Å². The maximum absolute atomic E-state index is 13.8. The smallest absolute Gasteiger partial charge is 0.285 e. The van der Waals surface area contributed by atoms with Crippen LogP contribution in [0.15, 0.2) is 132 Å². The lowest BCUT2D eigenvalue weighted by molar-refractivity contribution is -0.126. The van der Waals surface area contributed by atoms with Gasteiger partial charge in [-0.15, -0.1) is 0 Å². The van der Waals surface area contributed by atoms with Crippen molar-refractivity contribution in [1.82, 2.24) is 10.2 Å². The normalized spacial score (nSPS) is 14.8. The number of carbonyl (C=O) groups excluding carboxylic acids is 3. The molecular formula is C34H31N3O4S. The van der Waals surface area contributed by atoms with Crippen molar-refractivity contribution in [2.24, 2.45) is 4.99 Å². The van der Waals surface area contributed by atoms with Crippen molar-refractivity contribution in [2.75, 3.05) is 12.9 Å². The fourth-order valence-corrected chi connectivity index (χ4v) is 5.14. The minimum absolute atomic E-state index is 0.0697. The SMILES string of the molecule is C=C/C=C\C(=C/C)N1C(=O)/C(=C/c2ccccc2OC)C(=O)N=C1SCC(=O)NC(c1ccccc1)c1ccccc1. The molecule has 8 heteroatoms. The van der Waals surface area contributed by atoms with Crippen molar-refractivity contribution >= 4 is 40.7 Å². The number of allylic oxidation sites excluding steroid dienone is 4. The van der Waals surface area contributed by atoms with Crippen molar-refractivity contribution in [3.05, 3.63) is 144 Å². The number of amides is 3. The second kappa shape index (κ2) is 14.6. The zero-order valence-electron chi connectivity index (χ0n) is 23.4. The van der Waals surface area contributed by atoms with Crippen LogP contribution in [0, 0.1) is 0 Å². The van der Waals surface area contributed by atoms with Crippen molar-refractivity contribution in [2.45, 2.75) is 13.0 Å². The zero-order chi connectivity index (χ0) is 29.9. The van der Waals surface area contributed by atoms with Crippen LogP contribution in [0.2, 0.25) is 0 Å². The van der Waals surface area contributed by atoms with Crippen molar-refractivity contribution in [1.29, 1.82) is 0 Å². The average molecular weight is 578 g/mol. The molecule has 1 N–H and O–H groups in total. The molecule has 0 bridgehead atoms. The van der Waals surface area contributed by atoms with Crippen LogP contribution in [0.5, 0.6) is 5.75 Å². The summed E-state index contributed by atoms with van der Waals surface area (Å²) in [4.78, 5) is 45.8. The second-order valence-electron chi connectivity index (χ2n) is 9.06. The lowest BCUT2D eigenvalue weighted by atomic mass is 9.99. The van der Waals surface area contributed by atoms with E-state index in [4.69, 9.17) is 4.74 Å². The largest absolute Gasteiger partial charge is 0.496 e. The molecule has 0 fully saturated rings. The molecule has 0 spiro atoms. The van der Waals surface area contributed by atoms with E-state index in [-0.39, 0.29) is 28.4 Å². The second-order valence-corrected chi connectivity index (χ2v) is 10.0. The Morgan fingerprint density at radius 3 is 2.21 bits per heavy atom. The Morgan fingerprint density at radius 1 is 1.00 bits per heavy atom. The quantitative estimate of drug-likeness (QED) is 0.179. The number of methoxy groups -OCH3 is 1. The molecule has 4 rings (SSSR count). The number of amidine groups is 1. The van der Waals surface area contributed by atoms with Crippen LogP contribution in [0.1, 0.15) is 29.7 Å². The summed E-state index contributed by atoms with van der Waals surface area (Å²) in [5.41, 5.74) is 2.80. The summed E-state index contributed by atoms with van der Waals surface area (Å²) in [6, 6.07) is 26.0.